The van der Waals surface area contributed by atoms with Gasteiger partial charge < -0.3 is 15.0 Å². The smallest absolute Gasteiger partial charge is 0.264 e. The molecule has 0 bridgehead atoms. The maximum Gasteiger partial charge on any atom is 0.264 e. The lowest BCUT2D eigenvalue weighted by Crippen LogP contribution is -2.50. The molecule has 0 saturated heterocycles. The Bertz CT molecular complexity index is 1410. The zero-order valence-electron chi connectivity index (χ0n) is 22.1. The van der Waals surface area contributed by atoms with Crippen molar-refractivity contribution in [3.05, 3.63) is 87.9 Å². The molecule has 1 atom stereocenters. The minimum absolute atomic E-state index is 0.00836. The number of nitrogens with zero attached hydrogens (tertiary/aromatic N) is 2. The number of nitrogens with one attached hydrogen (secondary N) is 1. The van der Waals surface area contributed by atoms with Gasteiger partial charge in [-0.25, -0.2) is 8.42 Å². The van der Waals surface area contributed by atoms with Crippen molar-refractivity contribution < 1.29 is 22.7 Å². The van der Waals surface area contributed by atoms with Gasteiger partial charge in [-0.3, -0.25) is 13.9 Å². The van der Waals surface area contributed by atoms with Crippen molar-refractivity contribution in [2.24, 2.45) is 0 Å². The molecular formula is C28H31Cl2N3O5S. The molecule has 8 nitrogen and oxygen atoms in total. The minimum Gasteiger partial charge on any atom is -0.494 e. The molecule has 0 heterocycles. The second-order valence-electron chi connectivity index (χ2n) is 8.80. The average molecular weight is 593 g/mol. The van der Waals surface area contributed by atoms with E-state index in [-0.39, 0.29) is 11.4 Å². The molecule has 39 heavy (non-hydrogen) atoms. The van der Waals surface area contributed by atoms with Gasteiger partial charge in [-0.1, -0.05) is 47.0 Å². The third kappa shape index (κ3) is 7.44. The largest absolute Gasteiger partial charge is 0.494 e. The van der Waals surface area contributed by atoms with Gasteiger partial charge in [0.25, 0.3) is 10.0 Å². The fraction of sp³-hybridized carbons (Fsp3) is 0.286. The Morgan fingerprint density at radius 3 is 2.21 bits per heavy atom. The molecule has 0 fully saturated rings. The van der Waals surface area contributed by atoms with Crippen LogP contribution in [0.3, 0.4) is 0 Å². The second-order valence-corrected chi connectivity index (χ2v) is 11.5. The summed E-state index contributed by atoms with van der Waals surface area (Å²) in [5.74, 6) is -0.475. The molecule has 0 aliphatic rings. The van der Waals surface area contributed by atoms with E-state index < -0.39 is 34.4 Å². The molecule has 0 aliphatic carbocycles. The maximum atomic E-state index is 13.9. The number of carbonyl (C=O) groups is 2. The number of amides is 2. The summed E-state index contributed by atoms with van der Waals surface area (Å²) < 4.78 is 34.2. The Morgan fingerprint density at radius 2 is 1.64 bits per heavy atom. The van der Waals surface area contributed by atoms with Gasteiger partial charge in [0.1, 0.15) is 18.3 Å². The second kappa shape index (κ2) is 13.2. The topological polar surface area (TPSA) is 96.0 Å². The zero-order chi connectivity index (χ0) is 28.7. The fourth-order valence-corrected chi connectivity index (χ4v) is 5.75. The molecule has 0 spiro atoms. The minimum atomic E-state index is -4.18. The first-order chi connectivity index (χ1) is 18.5. The van der Waals surface area contributed by atoms with E-state index in [2.05, 4.69) is 5.32 Å². The van der Waals surface area contributed by atoms with Crippen LogP contribution in [-0.4, -0.2) is 51.4 Å². The zero-order valence-corrected chi connectivity index (χ0v) is 24.5. The van der Waals surface area contributed by atoms with E-state index in [4.69, 9.17) is 27.9 Å². The van der Waals surface area contributed by atoms with Gasteiger partial charge in [-0.05, 0) is 74.9 Å². The van der Waals surface area contributed by atoms with Gasteiger partial charge in [0, 0.05) is 23.6 Å². The van der Waals surface area contributed by atoms with Crippen LogP contribution in [0.1, 0.15) is 25.0 Å². The van der Waals surface area contributed by atoms with Crippen molar-refractivity contribution in [1.29, 1.82) is 0 Å². The molecular weight excluding hydrogens is 561 g/mol. The number of benzene rings is 3. The quantitative estimate of drug-likeness (QED) is 0.336. The highest BCUT2D eigenvalue weighted by Crippen LogP contribution is 2.27. The normalized spacial score (nSPS) is 11.9. The third-order valence-corrected chi connectivity index (χ3v) is 8.47. The first-order valence-corrected chi connectivity index (χ1v) is 14.4. The van der Waals surface area contributed by atoms with Crippen LogP contribution >= 0.6 is 23.2 Å². The van der Waals surface area contributed by atoms with E-state index in [1.165, 1.54) is 24.1 Å². The Balaban J connectivity index is 2.03. The van der Waals surface area contributed by atoms with Crippen LogP contribution < -0.4 is 14.4 Å². The third-order valence-electron chi connectivity index (χ3n) is 6.09. The highest BCUT2D eigenvalue weighted by atomic mass is 35.5. The molecule has 3 aromatic carbocycles. The molecule has 0 unspecified atom stereocenters. The Hall–Kier alpha value is -3.27. The Morgan fingerprint density at radius 1 is 1.00 bits per heavy atom. The number of hydrogen-bond acceptors (Lipinski definition) is 5. The van der Waals surface area contributed by atoms with Crippen LogP contribution in [0.2, 0.25) is 10.0 Å². The summed E-state index contributed by atoms with van der Waals surface area (Å²) in [5.41, 5.74) is 1.79. The molecule has 2 amide bonds. The SMILES string of the molecule is CCOc1ccc(S(=O)(=O)N(CC(=O)N(Cc2ccc(Cl)cc2Cl)[C@H](C)C(=O)NC)c2ccc(C)cc2)cc1. The van der Waals surface area contributed by atoms with E-state index in [0.717, 1.165) is 9.87 Å². The van der Waals surface area contributed by atoms with Crippen molar-refractivity contribution in [3.63, 3.8) is 0 Å². The molecule has 0 saturated carbocycles. The lowest BCUT2D eigenvalue weighted by molar-refractivity contribution is -0.139. The lowest BCUT2D eigenvalue weighted by atomic mass is 10.1. The highest BCUT2D eigenvalue weighted by Gasteiger charge is 2.32. The van der Waals surface area contributed by atoms with Crippen molar-refractivity contribution in [3.8, 4) is 5.75 Å². The number of halogens is 2. The molecule has 3 rings (SSSR count). The maximum absolute atomic E-state index is 13.9. The molecule has 208 valence electrons. The van der Waals surface area contributed by atoms with Crippen LogP contribution in [-0.2, 0) is 26.2 Å². The summed E-state index contributed by atoms with van der Waals surface area (Å²) in [5, 5.41) is 3.29. The van der Waals surface area contributed by atoms with Crippen LogP contribution in [0.15, 0.2) is 71.6 Å². The number of ether oxygens (including phenoxy) is 1. The van der Waals surface area contributed by atoms with Crippen molar-refractivity contribution >= 4 is 50.7 Å². The summed E-state index contributed by atoms with van der Waals surface area (Å²) >= 11 is 12.4. The van der Waals surface area contributed by atoms with Crippen LogP contribution in [0.25, 0.3) is 0 Å². The van der Waals surface area contributed by atoms with E-state index in [9.17, 15) is 18.0 Å². The summed E-state index contributed by atoms with van der Waals surface area (Å²) in [6.07, 6.45) is 0. The number of hydrogen-bond donors (Lipinski definition) is 1. The summed E-state index contributed by atoms with van der Waals surface area (Å²) in [4.78, 5) is 27.7. The first kappa shape index (κ1) is 30.3. The van der Waals surface area contributed by atoms with Crippen LogP contribution in [0.4, 0.5) is 5.69 Å². The molecule has 3 aromatic rings. The monoisotopic (exact) mass is 591 g/mol. The lowest BCUT2D eigenvalue weighted by Gasteiger charge is -2.32. The molecule has 0 aliphatic heterocycles. The van der Waals surface area contributed by atoms with E-state index in [0.29, 0.717) is 33.7 Å². The first-order valence-electron chi connectivity index (χ1n) is 12.2. The van der Waals surface area contributed by atoms with Crippen LogP contribution in [0.5, 0.6) is 5.75 Å². The van der Waals surface area contributed by atoms with Crippen LogP contribution in [0, 0.1) is 6.92 Å². The summed E-state index contributed by atoms with van der Waals surface area (Å²) in [6.45, 7) is 5.13. The summed E-state index contributed by atoms with van der Waals surface area (Å²) in [7, 11) is -2.72. The molecule has 11 heteroatoms. The predicted octanol–water partition coefficient (Wildman–Crippen LogP) is 5.06. The number of aryl methyl sites for hydroxylation is 1. The number of sulfonamides is 1. The Labute approximate surface area is 239 Å². The van der Waals surface area contributed by atoms with E-state index in [1.807, 2.05) is 13.8 Å². The van der Waals surface area contributed by atoms with Gasteiger partial charge >= 0.3 is 0 Å². The summed E-state index contributed by atoms with van der Waals surface area (Å²) in [6, 6.07) is 16.7. The standard InChI is InChI=1S/C28H31Cl2N3O5S/c1-5-38-24-12-14-25(15-13-24)39(36,37)33(23-10-6-19(2)7-11-23)18-27(34)32(20(3)28(35)31-4)17-21-8-9-22(29)16-26(21)30/h6-16,20H,5,17-18H2,1-4H3,(H,31,35)/t20-/m1/s1. The number of carbonyl (C=O) groups excluding carboxylic acids is 2. The van der Waals surface area contributed by atoms with Crippen molar-refractivity contribution in [2.75, 3.05) is 24.5 Å². The van der Waals surface area contributed by atoms with Gasteiger partial charge in [0.15, 0.2) is 0 Å². The molecule has 0 aromatic heterocycles. The predicted molar refractivity (Wildman–Crippen MR) is 154 cm³/mol. The van der Waals surface area contributed by atoms with Crippen molar-refractivity contribution in [1.82, 2.24) is 10.2 Å². The average Bonchev–Trinajstić information content (AvgIpc) is 2.91. The van der Waals surface area contributed by atoms with Gasteiger partial charge in [0.2, 0.25) is 11.8 Å². The van der Waals surface area contributed by atoms with E-state index in [1.54, 1.807) is 61.5 Å². The van der Waals surface area contributed by atoms with Gasteiger partial charge in [-0.15, -0.1) is 0 Å². The number of anilines is 1. The van der Waals surface area contributed by atoms with Crippen molar-refractivity contribution in [2.45, 2.75) is 38.3 Å². The Kier molecular flexibility index (Phi) is 10.2. The van der Waals surface area contributed by atoms with Gasteiger partial charge in [-0.2, -0.15) is 0 Å². The number of rotatable bonds is 11. The van der Waals surface area contributed by atoms with Gasteiger partial charge in [0.05, 0.1) is 17.2 Å². The molecule has 1 N–H and O–H groups in total. The molecule has 0 radical (unpaired) electrons. The fourth-order valence-electron chi connectivity index (χ4n) is 3.87. The number of likely N-dealkylation sites (N-methyl/N-ethyl adjacent to an activating group) is 1. The van der Waals surface area contributed by atoms with E-state index >= 15 is 0 Å². The highest BCUT2D eigenvalue weighted by molar-refractivity contribution is 7.92.